The Bertz CT molecular complexity index is 1060. The van der Waals surface area contributed by atoms with Crippen molar-refractivity contribution in [3.05, 3.63) is 72.2 Å². The van der Waals surface area contributed by atoms with Crippen LogP contribution in [0.25, 0.3) is 22.4 Å². The van der Waals surface area contributed by atoms with E-state index in [2.05, 4.69) is 74.1 Å². The van der Waals surface area contributed by atoms with E-state index in [0.29, 0.717) is 0 Å². The number of aromatic nitrogens is 5. The maximum Gasteiger partial charge on any atom is 0.143 e. The predicted octanol–water partition coefficient (Wildman–Crippen LogP) is 3.44. The van der Waals surface area contributed by atoms with Gasteiger partial charge in [-0.25, -0.2) is 4.68 Å². The molecule has 0 spiro atoms. The van der Waals surface area contributed by atoms with Crippen molar-refractivity contribution in [1.29, 1.82) is 0 Å². The van der Waals surface area contributed by atoms with Crippen LogP contribution in [-0.4, -0.2) is 43.4 Å². The number of benzene rings is 2. The lowest BCUT2D eigenvalue weighted by Crippen LogP contribution is -2.31. The largest absolute Gasteiger partial charge is 0.360 e. The molecule has 5 rings (SSSR count). The molecule has 7 nitrogen and oxygen atoms in total. The van der Waals surface area contributed by atoms with Crippen LogP contribution in [-0.2, 0) is 19.5 Å². The van der Waals surface area contributed by atoms with E-state index in [4.69, 9.17) is 4.52 Å². The third-order valence-corrected chi connectivity index (χ3v) is 5.42. The fraction of sp³-hybridized carbons (Fsp3) is 0.273. The van der Waals surface area contributed by atoms with Gasteiger partial charge in [-0.3, -0.25) is 4.90 Å². The molecule has 4 aromatic rings. The number of tetrazole rings is 1. The van der Waals surface area contributed by atoms with Gasteiger partial charge in [-0.2, -0.15) is 0 Å². The van der Waals surface area contributed by atoms with E-state index in [0.717, 1.165) is 56.0 Å². The van der Waals surface area contributed by atoms with Crippen LogP contribution >= 0.6 is 0 Å². The van der Waals surface area contributed by atoms with Crippen molar-refractivity contribution in [2.75, 3.05) is 13.1 Å². The van der Waals surface area contributed by atoms with Crippen molar-refractivity contribution in [1.82, 2.24) is 30.3 Å². The number of fused-ring (bicyclic) bond motifs is 1. The van der Waals surface area contributed by atoms with Crippen molar-refractivity contribution < 1.29 is 4.52 Å². The number of rotatable bonds is 6. The number of hydrogen-bond donors (Lipinski definition) is 0. The standard InChI is InChI=1S/C22H22N6O/c1-2-5-17(6-3-1)18-7-9-19(10-8-18)22-20-15-27(14-11-21(20)29-24-22)12-4-13-28-16-23-25-26-28/h1-3,5-10,16H,4,11-15H2. The Morgan fingerprint density at radius 2 is 1.69 bits per heavy atom. The Balaban J connectivity index is 1.29. The molecule has 0 atom stereocenters. The summed E-state index contributed by atoms with van der Waals surface area (Å²) >= 11 is 0. The van der Waals surface area contributed by atoms with Crippen molar-refractivity contribution >= 4 is 0 Å². The zero-order valence-corrected chi connectivity index (χ0v) is 16.1. The van der Waals surface area contributed by atoms with E-state index in [1.807, 2.05) is 6.07 Å². The topological polar surface area (TPSA) is 72.9 Å². The molecule has 0 aliphatic carbocycles. The minimum Gasteiger partial charge on any atom is -0.360 e. The van der Waals surface area contributed by atoms with Crippen molar-refractivity contribution in [3.63, 3.8) is 0 Å². The van der Waals surface area contributed by atoms with E-state index >= 15 is 0 Å². The minimum absolute atomic E-state index is 0.827. The second-order valence-corrected chi connectivity index (χ2v) is 7.33. The fourth-order valence-electron chi connectivity index (χ4n) is 3.87. The average molecular weight is 386 g/mol. The van der Waals surface area contributed by atoms with Crippen LogP contribution < -0.4 is 0 Å². The van der Waals surface area contributed by atoms with Crippen LogP contribution in [0.1, 0.15) is 17.7 Å². The maximum absolute atomic E-state index is 5.66. The van der Waals surface area contributed by atoms with E-state index in [-0.39, 0.29) is 0 Å². The highest BCUT2D eigenvalue weighted by Crippen LogP contribution is 2.31. The number of hydrogen-bond acceptors (Lipinski definition) is 6. The fourth-order valence-corrected chi connectivity index (χ4v) is 3.87. The maximum atomic E-state index is 5.66. The number of aryl methyl sites for hydroxylation is 1. The molecule has 2 aromatic carbocycles. The normalized spacial score (nSPS) is 14.1. The average Bonchev–Trinajstić information content (AvgIpc) is 3.44. The van der Waals surface area contributed by atoms with Gasteiger partial charge >= 0.3 is 0 Å². The molecule has 29 heavy (non-hydrogen) atoms. The van der Waals surface area contributed by atoms with Gasteiger partial charge in [-0.1, -0.05) is 59.8 Å². The van der Waals surface area contributed by atoms with E-state index in [1.54, 1.807) is 11.0 Å². The summed E-state index contributed by atoms with van der Waals surface area (Å²) in [5.41, 5.74) is 5.70. The molecule has 0 bridgehead atoms. The van der Waals surface area contributed by atoms with Crippen molar-refractivity contribution in [2.45, 2.75) is 25.9 Å². The summed E-state index contributed by atoms with van der Waals surface area (Å²) in [6.07, 6.45) is 3.56. The molecule has 3 heterocycles. The second-order valence-electron chi connectivity index (χ2n) is 7.33. The monoisotopic (exact) mass is 386 g/mol. The Labute approximate surface area is 168 Å². The lowest BCUT2D eigenvalue weighted by molar-refractivity contribution is 0.229. The van der Waals surface area contributed by atoms with Crippen molar-refractivity contribution in [2.24, 2.45) is 0 Å². The Morgan fingerprint density at radius 3 is 2.48 bits per heavy atom. The summed E-state index contributed by atoms with van der Waals surface area (Å²) in [6.45, 7) is 3.68. The summed E-state index contributed by atoms with van der Waals surface area (Å²) in [4.78, 5) is 2.45. The molecule has 0 fully saturated rings. The molecule has 7 heteroatoms. The molecule has 0 N–H and O–H groups in total. The highest BCUT2D eigenvalue weighted by molar-refractivity contribution is 5.70. The van der Waals surface area contributed by atoms with Gasteiger partial charge in [0.1, 0.15) is 17.8 Å². The molecule has 2 aromatic heterocycles. The number of nitrogens with zero attached hydrogens (tertiary/aromatic N) is 6. The van der Waals surface area contributed by atoms with E-state index in [9.17, 15) is 0 Å². The second kappa shape index (κ2) is 7.97. The summed E-state index contributed by atoms with van der Waals surface area (Å²) in [7, 11) is 0. The SMILES string of the molecule is c1ccc(-c2ccc(-c3noc4c3CN(CCCn3cnnn3)CC4)cc2)cc1. The van der Waals surface area contributed by atoms with Gasteiger partial charge in [0.2, 0.25) is 0 Å². The lowest BCUT2D eigenvalue weighted by atomic mass is 9.99. The van der Waals surface area contributed by atoms with Crippen LogP contribution in [0.2, 0.25) is 0 Å². The highest BCUT2D eigenvalue weighted by atomic mass is 16.5. The van der Waals surface area contributed by atoms with Gasteiger partial charge in [0.05, 0.1) is 0 Å². The zero-order valence-electron chi connectivity index (χ0n) is 16.1. The van der Waals surface area contributed by atoms with Gasteiger partial charge in [0.25, 0.3) is 0 Å². The minimum atomic E-state index is 0.827. The first-order chi connectivity index (χ1) is 14.4. The summed E-state index contributed by atoms with van der Waals surface area (Å²) in [5, 5.41) is 15.7. The lowest BCUT2D eigenvalue weighted by Gasteiger charge is -2.25. The first-order valence-electron chi connectivity index (χ1n) is 9.93. The quantitative estimate of drug-likeness (QED) is 0.505. The Hall–Kier alpha value is -3.32. The zero-order chi connectivity index (χ0) is 19.5. The van der Waals surface area contributed by atoms with Gasteiger partial charge in [0, 0.05) is 43.7 Å². The predicted molar refractivity (Wildman–Crippen MR) is 109 cm³/mol. The molecule has 0 amide bonds. The molecular formula is C22H22N6O. The summed E-state index contributed by atoms with van der Waals surface area (Å²) < 4.78 is 7.43. The molecular weight excluding hydrogens is 364 g/mol. The van der Waals surface area contributed by atoms with E-state index in [1.165, 1.54) is 16.7 Å². The smallest absolute Gasteiger partial charge is 0.143 e. The molecule has 0 radical (unpaired) electrons. The summed E-state index contributed by atoms with van der Waals surface area (Å²) in [5.74, 6) is 1.02. The van der Waals surface area contributed by atoms with Gasteiger partial charge < -0.3 is 4.52 Å². The first kappa shape index (κ1) is 17.8. The first-order valence-corrected chi connectivity index (χ1v) is 9.93. The van der Waals surface area contributed by atoms with Crippen molar-refractivity contribution in [3.8, 4) is 22.4 Å². The van der Waals surface area contributed by atoms with Crippen LogP contribution in [0.4, 0.5) is 0 Å². The van der Waals surface area contributed by atoms with Crippen LogP contribution in [0.5, 0.6) is 0 Å². The van der Waals surface area contributed by atoms with E-state index < -0.39 is 0 Å². The third kappa shape index (κ3) is 3.82. The van der Waals surface area contributed by atoms with Gasteiger partial charge in [-0.15, -0.1) is 5.10 Å². The van der Waals surface area contributed by atoms with Gasteiger partial charge in [0.15, 0.2) is 0 Å². The third-order valence-electron chi connectivity index (χ3n) is 5.42. The Kier molecular flexibility index (Phi) is 4.88. The van der Waals surface area contributed by atoms with Crippen LogP contribution in [0.3, 0.4) is 0 Å². The summed E-state index contributed by atoms with van der Waals surface area (Å²) in [6, 6.07) is 19.0. The molecule has 1 aliphatic rings. The molecule has 0 saturated heterocycles. The van der Waals surface area contributed by atoms with Crippen LogP contribution in [0.15, 0.2) is 65.4 Å². The molecule has 0 saturated carbocycles. The molecule has 1 aliphatic heterocycles. The van der Waals surface area contributed by atoms with Gasteiger partial charge in [-0.05, 0) is 28.0 Å². The Morgan fingerprint density at radius 1 is 0.897 bits per heavy atom. The molecule has 146 valence electrons. The highest BCUT2D eigenvalue weighted by Gasteiger charge is 2.24. The van der Waals surface area contributed by atoms with Crippen LogP contribution in [0, 0.1) is 0 Å². The molecule has 0 unspecified atom stereocenters.